The fourth-order valence-electron chi connectivity index (χ4n) is 5.95. The minimum Gasteiger partial charge on any atom is -0.379 e. The van der Waals surface area contributed by atoms with E-state index in [2.05, 4.69) is 51.0 Å². The van der Waals surface area contributed by atoms with Crippen LogP contribution < -0.4 is 10.6 Å². The molecule has 8 heteroatoms. The van der Waals surface area contributed by atoms with Gasteiger partial charge >= 0.3 is 0 Å². The van der Waals surface area contributed by atoms with E-state index in [4.69, 9.17) is 4.74 Å². The van der Waals surface area contributed by atoms with E-state index in [0.717, 1.165) is 47.4 Å². The molecule has 196 valence electrons. The Morgan fingerprint density at radius 2 is 1.92 bits per heavy atom. The second kappa shape index (κ2) is 10.6. The minimum absolute atomic E-state index is 0.0222. The van der Waals surface area contributed by atoms with Crippen molar-refractivity contribution in [2.75, 3.05) is 32.8 Å². The Balaban J connectivity index is 1.50. The molecule has 37 heavy (non-hydrogen) atoms. The van der Waals surface area contributed by atoms with Crippen LogP contribution in [-0.4, -0.2) is 65.0 Å². The van der Waals surface area contributed by atoms with E-state index in [9.17, 15) is 9.59 Å². The van der Waals surface area contributed by atoms with Crippen molar-refractivity contribution >= 4 is 17.3 Å². The largest absolute Gasteiger partial charge is 0.379 e. The van der Waals surface area contributed by atoms with Gasteiger partial charge in [-0.3, -0.25) is 19.5 Å². The molecule has 2 aliphatic rings. The highest BCUT2D eigenvalue weighted by atomic mass is 16.5. The lowest BCUT2D eigenvalue weighted by Gasteiger charge is -2.34. The van der Waals surface area contributed by atoms with Crippen molar-refractivity contribution in [2.45, 2.75) is 46.2 Å². The van der Waals surface area contributed by atoms with Gasteiger partial charge in [0.2, 0.25) is 5.91 Å². The van der Waals surface area contributed by atoms with Gasteiger partial charge < -0.3 is 19.8 Å². The summed E-state index contributed by atoms with van der Waals surface area (Å²) in [5.41, 5.74) is 5.84. The van der Waals surface area contributed by atoms with Gasteiger partial charge in [0.05, 0.1) is 19.1 Å². The second-order valence-corrected chi connectivity index (χ2v) is 10.6. The first-order valence-corrected chi connectivity index (χ1v) is 13.3. The maximum Gasteiger partial charge on any atom is 0.251 e. The molecule has 3 aromatic rings. The third-order valence-electron chi connectivity index (χ3n) is 8.06. The van der Waals surface area contributed by atoms with Crippen LogP contribution in [0.5, 0.6) is 0 Å². The van der Waals surface area contributed by atoms with Crippen molar-refractivity contribution in [2.24, 2.45) is 11.8 Å². The zero-order valence-corrected chi connectivity index (χ0v) is 22.2. The van der Waals surface area contributed by atoms with Crippen molar-refractivity contribution in [3.8, 4) is 11.1 Å². The molecule has 2 N–H and O–H groups in total. The lowest BCUT2D eigenvalue weighted by atomic mass is 9.84. The van der Waals surface area contributed by atoms with Gasteiger partial charge in [0.15, 0.2) is 0 Å². The summed E-state index contributed by atoms with van der Waals surface area (Å²) in [4.78, 5) is 32.7. The summed E-state index contributed by atoms with van der Waals surface area (Å²) < 4.78 is 7.81. The van der Waals surface area contributed by atoms with Crippen molar-refractivity contribution < 1.29 is 14.3 Å². The zero-order chi connectivity index (χ0) is 26.1. The van der Waals surface area contributed by atoms with E-state index >= 15 is 0 Å². The SMILES string of the molecule is Cc1c(C(=O)NCC2C(=O)NC(C)CC2C)cc2cc(-c3ccncc3)cn2c1C(C)N1CCOCC1. The normalized spacial score (nSPS) is 23.6. The Hall–Kier alpha value is -3.23. The van der Waals surface area contributed by atoms with Crippen LogP contribution in [0.3, 0.4) is 0 Å². The molecular weight excluding hydrogens is 466 g/mol. The minimum atomic E-state index is -0.220. The first-order valence-electron chi connectivity index (χ1n) is 13.3. The Morgan fingerprint density at radius 1 is 1.19 bits per heavy atom. The molecule has 0 aliphatic carbocycles. The van der Waals surface area contributed by atoms with Crippen LogP contribution in [0.2, 0.25) is 0 Å². The van der Waals surface area contributed by atoms with E-state index in [1.807, 2.05) is 32.0 Å². The molecule has 2 fully saturated rings. The van der Waals surface area contributed by atoms with Crippen LogP contribution in [0.15, 0.2) is 42.9 Å². The summed E-state index contributed by atoms with van der Waals surface area (Å²) in [6, 6.07) is 8.36. The van der Waals surface area contributed by atoms with Crippen LogP contribution >= 0.6 is 0 Å². The summed E-state index contributed by atoms with van der Waals surface area (Å²) in [5.74, 6) is -0.116. The van der Waals surface area contributed by atoms with Gasteiger partial charge in [-0.25, -0.2) is 0 Å². The topological polar surface area (TPSA) is 88.0 Å². The van der Waals surface area contributed by atoms with Crippen LogP contribution in [-0.2, 0) is 9.53 Å². The Kier molecular flexibility index (Phi) is 7.31. The number of piperidine rings is 1. The smallest absolute Gasteiger partial charge is 0.251 e. The number of nitrogens with one attached hydrogen (secondary N) is 2. The Labute approximate surface area is 218 Å². The Bertz CT molecular complexity index is 1280. The summed E-state index contributed by atoms with van der Waals surface area (Å²) in [6.07, 6.45) is 6.66. The van der Waals surface area contributed by atoms with E-state index in [0.29, 0.717) is 25.3 Å². The molecule has 0 bridgehead atoms. The fourth-order valence-corrected chi connectivity index (χ4v) is 5.95. The van der Waals surface area contributed by atoms with Gasteiger partial charge in [-0.05, 0) is 68.5 Å². The lowest BCUT2D eigenvalue weighted by Crippen LogP contribution is -2.50. The molecule has 5 heterocycles. The standard InChI is InChI=1S/C29H37N5O3/c1-18-13-19(2)32-29(36)26(18)16-31-28(35)25-15-24-14-23(22-5-7-30-8-6-22)17-34(24)27(20(25)3)21(4)33-9-11-37-12-10-33/h5-8,14-15,17-19,21,26H,9-13,16H2,1-4H3,(H,31,35)(H,32,36). The predicted octanol–water partition coefficient (Wildman–Crippen LogP) is 3.59. The lowest BCUT2D eigenvalue weighted by molar-refractivity contribution is -0.129. The average Bonchev–Trinajstić information content (AvgIpc) is 3.32. The van der Waals surface area contributed by atoms with Gasteiger partial charge in [-0.2, -0.15) is 0 Å². The molecular formula is C29H37N5O3. The average molecular weight is 504 g/mol. The van der Waals surface area contributed by atoms with E-state index in [-0.39, 0.29) is 35.7 Å². The molecule has 3 aromatic heterocycles. The number of morpholine rings is 1. The zero-order valence-electron chi connectivity index (χ0n) is 22.2. The molecule has 0 aromatic carbocycles. The number of hydrogen-bond donors (Lipinski definition) is 2. The number of rotatable bonds is 6. The molecule has 5 rings (SSSR count). The molecule has 2 saturated heterocycles. The van der Waals surface area contributed by atoms with E-state index in [1.54, 1.807) is 12.4 Å². The third-order valence-corrected chi connectivity index (χ3v) is 8.06. The number of nitrogens with zero attached hydrogens (tertiary/aromatic N) is 3. The highest BCUT2D eigenvalue weighted by Gasteiger charge is 2.33. The molecule has 0 saturated carbocycles. The monoisotopic (exact) mass is 503 g/mol. The van der Waals surface area contributed by atoms with Crippen LogP contribution in [0.4, 0.5) is 0 Å². The van der Waals surface area contributed by atoms with Gasteiger partial charge in [0.1, 0.15) is 0 Å². The van der Waals surface area contributed by atoms with Gasteiger partial charge in [-0.15, -0.1) is 0 Å². The molecule has 2 amide bonds. The van der Waals surface area contributed by atoms with Crippen LogP contribution in [0.25, 0.3) is 16.6 Å². The molecule has 0 spiro atoms. The van der Waals surface area contributed by atoms with Gasteiger partial charge in [0.25, 0.3) is 5.91 Å². The van der Waals surface area contributed by atoms with Crippen LogP contribution in [0.1, 0.15) is 54.8 Å². The second-order valence-electron chi connectivity index (χ2n) is 10.6. The van der Waals surface area contributed by atoms with Gasteiger partial charge in [0, 0.05) is 72.6 Å². The summed E-state index contributed by atoms with van der Waals surface area (Å²) in [7, 11) is 0. The maximum atomic E-state index is 13.6. The fraction of sp³-hybridized carbons (Fsp3) is 0.483. The molecule has 2 aliphatic heterocycles. The maximum absolute atomic E-state index is 13.6. The highest BCUT2D eigenvalue weighted by molar-refractivity contribution is 5.97. The van der Waals surface area contributed by atoms with E-state index < -0.39 is 0 Å². The summed E-state index contributed by atoms with van der Waals surface area (Å²) in [6.45, 7) is 11.8. The number of ether oxygens (including phenoxy) is 1. The number of carbonyl (C=O) groups is 2. The quantitative estimate of drug-likeness (QED) is 0.537. The first-order chi connectivity index (χ1) is 17.8. The van der Waals surface area contributed by atoms with Crippen molar-refractivity contribution in [3.63, 3.8) is 0 Å². The number of carbonyl (C=O) groups excluding carboxylic acids is 2. The van der Waals surface area contributed by atoms with Crippen molar-refractivity contribution in [3.05, 3.63) is 59.7 Å². The van der Waals surface area contributed by atoms with Crippen LogP contribution in [0, 0.1) is 18.8 Å². The number of fused-ring (bicyclic) bond motifs is 1. The first kappa shape index (κ1) is 25.4. The predicted molar refractivity (Wildman–Crippen MR) is 143 cm³/mol. The number of amides is 2. The molecule has 0 radical (unpaired) electrons. The Morgan fingerprint density at radius 3 is 2.62 bits per heavy atom. The molecule has 8 nitrogen and oxygen atoms in total. The molecule has 4 atom stereocenters. The third kappa shape index (κ3) is 5.13. The van der Waals surface area contributed by atoms with Crippen molar-refractivity contribution in [1.29, 1.82) is 0 Å². The number of pyridine rings is 2. The number of hydrogen-bond acceptors (Lipinski definition) is 5. The van der Waals surface area contributed by atoms with Crippen molar-refractivity contribution in [1.82, 2.24) is 24.9 Å². The number of aromatic nitrogens is 2. The molecule has 4 unspecified atom stereocenters. The highest BCUT2D eigenvalue weighted by Crippen LogP contribution is 2.32. The summed E-state index contributed by atoms with van der Waals surface area (Å²) in [5, 5.41) is 6.11. The van der Waals surface area contributed by atoms with Gasteiger partial charge in [-0.1, -0.05) is 6.92 Å². The summed E-state index contributed by atoms with van der Waals surface area (Å²) >= 11 is 0. The van der Waals surface area contributed by atoms with E-state index in [1.165, 1.54) is 0 Å².